The molecule has 0 aliphatic heterocycles. The zero-order valence-corrected chi connectivity index (χ0v) is 14.2. The van der Waals surface area contributed by atoms with Crippen molar-refractivity contribution in [1.29, 1.82) is 0 Å². The van der Waals surface area contributed by atoms with Crippen LogP contribution in [-0.4, -0.2) is 5.78 Å². The van der Waals surface area contributed by atoms with Gasteiger partial charge in [0.2, 0.25) is 0 Å². The van der Waals surface area contributed by atoms with Crippen molar-refractivity contribution >= 4 is 11.9 Å². The molecule has 134 valence electrons. The largest absolute Gasteiger partial charge is 0.416 e. The number of benzene rings is 3. The van der Waals surface area contributed by atoms with Crippen molar-refractivity contribution in [2.45, 2.75) is 12.1 Å². The minimum absolute atomic E-state index is 0.0839. The van der Waals surface area contributed by atoms with E-state index >= 15 is 0 Å². The van der Waals surface area contributed by atoms with Crippen LogP contribution in [0.5, 0.6) is 0 Å². The van der Waals surface area contributed by atoms with E-state index in [0.717, 1.165) is 23.3 Å². The van der Waals surface area contributed by atoms with Gasteiger partial charge in [-0.25, -0.2) is 0 Å². The van der Waals surface area contributed by atoms with Crippen molar-refractivity contribution in [3.05, 3.63) is 112 Å². The number of rotatable bonds is 2. The number of hydrogen-bond donors (Lipinski definition) is 0. The van der Waals surface area contributed by atoms with E-state index in [-0.39, 0.29) is 11.7 Å². The summed E-state index contributed by atoms with van der Waals surface area (Å²) in [4.78, 5) is 13.0. The van der Waals surface area contributed by atoms with E-state index in [2.05, 4.69) is 0 Å². The Morgan fingerprint density at radius 2 is 1.41 bits per heavy atom. The zero-order valence-electron chi connectivity index (χ0n) is 14.2. The number of ketones is 1. The molecular formula is C23H15F3O. The van der Waals surface area contributed by atoms with Crippen molar-refractivity contribution < 1.29 is 18.0 Å². The van der Waals surface area contributed by atoms with Gasteiger partial charge in [0.1, 0.15) is 0 Å². The third-order valence-electron chi connectivity index (χ3n) is 4.78. The summed E-state index contributed by atoms with van der Waals surface area (Å²) in [6.07, 6.45) is -2.68. The van der Waals surface area contributed by atoms with E-state index in [1.54, 1.807) is 12.1 Å². The average Bonchev–Trinajstić information content (AvgIpc) is 2.94. The molecule has 4 rings (SSSR count). The van der Waals surface area contributed by atoms with Crippen LogP contribution < -0.4 is 0 Å². The lowest BCUT2D eigenvalue weighted by atomic mass is 9.89. The molecule has 0 heterocycles. The molecule has 1 atom stereocenters. The van der Waals surface area contributed by atoms with E-state index in [1.165, 1.54) is 12.1 Å². The number of alkyl halides is 3. The fourth-order valence-corrected chi connectivity index (χ4v) is 3.51. The Bertz CT molecular complexity index is 1020. The molecule has 27 heavy (non-hydrogen) atoms. The van der Waals surface area contributed by atoms with Crippen LogP contribution in [-0.2, 0) is 6.18 Å². The van der Waals surface area contributed by atoms with E-state index in [9.17, 15) is 18.0 Å². The Morgan fingerprint density at radius 1 is 0.778 bits per heavy atom. The highest BCUT2D eigenvalue weighted by Gasteiger charge is 2.35. The summed E-state index contributed by atoms with van der Waals surface area (Å²) in [5.74, 6) is -0.309. The SMILES string of the molecule is O=C1C(=Cc2ccc(C(F)(F)F)cc2)C(c2ccccc2)c2ccccc21. The van der Waals surface area contributed by atoms with Crippen molar-refractivity contribution in [2.24, 2.45) is 0 Å². The van der Waals surface area contributed by atoms with Gasteiger partial charge in [-0.05, 0) is 34.9 Å². The maximum Gasteiger partial charge on any atom is 0.416 e. The first-order valence-corrected chi connectivity index (χ1v) is 8.52. The lowest BCUT2D eigenvalue weighted by Crippen LogP contribution is -2.04. The standard InChI is InChI=1S/C23H15F3O/c24-23(25,26)17-12-10-15(11-13-17)14-20-21(16-6-2-1-3-7-16)18-8-4-5-9-19(18)22(20)27/h1-14,21H. The molecule has 3 aromatic carbocycles. The van der Waals surface area contributed by atoms with Gasteiger partial charge in [-0.1, -0.05) is 66.7 Å². The lowest BCUT2D eigenvalue weighted by Gasteiger charge is -2.14. The molecule has 0 amide bonds. The first-order chi connectivity index (χ1) is 12.9. The molecular weight excluding hydrogens is 349 g/mol. The van der Waals surface area contributed by atoms with E-state index in [1.807, 2.05) is 48.5 Å². The van der Waals surface area contributed by atoms with Gasteiger partial charge in [-0.2, -0.15) is 13.2 Å². The van der Waals surface area contributed by atoms with Crippen LogP contribution in [0.25, 0.3) is 6.08 Å². The van der Waals surface area contributed by atoms with E-state index < -0.39 is 11.7 Å². The third-order valence-corrected chi connectivity index (χ3v) is 4.78. The van der Waals surface area contributed by atoms with Gasteiger partial charge >= 0.3 is 6.18 Å². The van der Waals surface area contributed by atoms with Crippen LogP contribution in [0.1, 0.15) is 38.5 Å². The molecule has 4 heteroatoms. The lowest BCUT2D eigenvalue weighted by molar-refractivity contribution is -0.137. The van der Waals surface area contributed by atoms with Crippen LogP contribution >= 0.6 is 0 Å². The molecule has 0 fully saturated rings. The van der Waals surface area contributed by atoms with Crippen molar-refractivity contribution in [3.8, 4) is 0 Å². The van der Waals surface area contributed by atoms with Crippen molar-refractivity contribution in [2.75, 3.05) is 0 Å². The van der Waals surface area contributed by atoms with Crippen molar-refractivity contribution in [3.63, 3.8) is 0 Å². The van der Waals surface area contributed by atoms with Gasteiger partial charge in [0.15, 0.2) is 5.78 Å². The molecule has 3 aromatic rings. The third kappa shape index (κ3) is 3.19. The van der Waals surface area contributed by atoms with Crippen molar-refractivity contribution in [1.82, 2.24) is 0 Å². The van der Waals surface area contributed by atoms with Crippen LogP contribution in [0.15, 0.2) is 84.4 Å². The summed E-state index contributed by atoms with van der Waals surface area (Å²) in [5, 5.41) is 0. The number of carbonyl (C=O) groups is 1. The molecule has 0 saturated heterocycles. The predicted octanol–water partition coefficient (Wildman–Crippen LogP) is 6.12. The highest BCUT2D eigenvalue weighted by atomic mass is 19.4. The minimum Gasteiger partial charge on any atom is -0.289 e. The molecule has 1 nitrogen and oxygen atoms in total. The summed E-state index contributed by atoms with van der Waals surface area (Å²) in [7, 11) is 0. The highest BCUT2D eigenvalue weighted by Crippen LogP contribution is 2.42. The second-order valence-corrected chi connectivity index (χ2v) is 6.48. The molecule has 0 aromatic heterocycles. The number of allylic oxidation sites excluding steroid dienone is 1. The van der Waals surface area contributed by atoms with E-state index in [0.29, 0.717) is 16.7 Å². The number of halogens is 3. The normalized spacial score (nSPS) is 18.0. The molecule has 0 saturated carbocycles. The topological polar surface area (TPSA) is 17.1 Å². The first kappa shape index (κ1) is 17.3. The molecule has 1 aliphatic carbocycles. The predicted molar refractivity (Wildman–Crippen MR) is 98.5 cm³/mol. The van der Waals surface area contributed by atoms with Gasteiger partial charge in [0, 0.05) is 17.1 Å². The van der Waals surface area contributed by atoms with E-state index in [4.69, 9.17) is 0 Å². The highest BCUT2D eigenvalue weighted by molar-refractivity contribution is 6.17. The smallest absolute Gasteiger partial charge is 0.289 e. The minimum atomic E-state index is -4.38. The number of carbonyl (C=O) groups excluding carboxylic acids is 1. The van der Waals surface area contributed by atoms with Gasteiger partial charge in [0.05, 0.1) is 5.56 Å². The maximum atomic E-state index is 13.0. The van der Waals surface area contributed by atoms with Gasteiger partial charge in [0.25, 0.3) is 0 Å². The number of Topliss-reactive ketones (excluding diaryl/α,β-unsaturated/α-hetero) is 1. The molecule has 1 unspecified atom stereocenters. The average molecular weight is 364 g/mol. The molecule has 0 radical (unpaired) electrons. The first-order valence-electron chi connectivity index (χ1n) is 8.52. The van der Waals surface area contributed by atoms with Crippen LogP contribution in [0.4, 0.5) is 13.2 Å². The molecule has 0 bridgehead atoms. The summed E-state index contributed by atoms with van der Waals surface area (Å²) in [5.41, 5.74) is 2.98. The fraction of sp³-hybridized carbons (Fsp3) is 0.0870. The summed E-state index contributed by atoms with van der Waals surface area (Å²) >= 11 is 0. The number of hydrogen-bond acceptors (Lipinski definition) is 1. The van der Waals surface area contributed by atoms with Crippen LogP contribution in [0.2, 0.25) is 0 Å². The monoisotopic (exact) mass is 364 g/mol. The Labute approximate surface area is 154 Å². The Kier molecular flexibility index (Phi) is 4.19. The van der Waals surface area contributed by atoms with Gasteiger partial charge in [-0.15, -0.1) is 0 Å². The Balaban J connectivity index is 1.81. The molecule has 0 N–H and O–H groups in total. The Morgan fingerprint density at radius 3 is 2.07 bits per heavy atom. The summed E-state index contributed by atoms with van der Waals surface area (Å²) < 4.78 is 38.3. The quantitative estimate of drug-likeness (QED) is 0.501. The van der Waals surface area contributed by atoms with Crippen LogP contribution in [0, 0.1) is 0 Å². The van der Waals surface area contributed by atoms with Crippen LogP contribution in [0.3, 0.4) is 0 Å². The van der Waals surface area contributed by atoms with Gasteiger partial charge < -0.3 is 0 Å². The molecule has 0 spiro atoms. The maximum absolute atomic E-state index is 13.0. The number of fused-ring (bicyclic) bond motifs is 1. The summed E-state index contributed by atoms with van der Waals surface area (Å²) in [6.45, 7) is 0. The second-order valence-electron chi connectivity index (χ2n) is 6.48. The Hall–Kier alpha value is -3.14. The summed E-state index contributed by atoms with van der Waals surface area (Å²) in [6, 6.07) is 22.0. The zero-order chi connectivity index (χ0) is 19.0. The molecule has 1 aliphatic rings. The van der Waals surface area contributed by atoms with Gasteiger partial charge in [-0.3, -0.25) is 4.79 Å². The second kappa shape index (κ2) is 6.54. The fourth-order valence-electron chi connectivity index (χ4n) is 3.51.